The smallest absolute Gasteiger partial charge is 0.134 e. The van der Waals surface area contributed by atoms with E-state index >= 15 is 0 Å². The van der Waals surface area contributed by atoms with Gasteiger partial charge >= 0.3 is 0 Å². The minimum absolute atomic E-state index is 0.578. The predicted molar refractivity (Wildman–Crippen MR) is 79.2 cm³/mol. The highest BCUT2D eigenvalue weighted by molar-refractivity contribution is 5.54. The van der Waals surface area contributed by atoms with E-state index in [0.717, 1.165) is 29.7 Å². The summed E-state index contributed by atoms with van der Waals surface area (Å²) in [5, 5.41) is 3.41. The molecule has 0 radical (unpaired) electrons. The molecule has 1 aromatic rings. The van der Waals surface area contributed by atoms with E-state index in [9.17, 15) is 0 Å². The van der Waals surface area contributed by atoms with Gasteiger partial charge in [0.2, 0.25) is 0 Å². The first-order valence-corrected chi connectivity index (χ1v) is 7.09. The molecule has 0 saturated carbocycles. The van der Waals surface area contributed by atoms with Crippen molar-refractivity contribution in [3.63, 3.8) is 0 Å². The molecule has 0 atom stereocenters. The number of nitrogens with two attached hydrogens (primary N) is 1. The molecular weight excluding hydrogens is 238 g/mol. The molecule has 2 heterocycles. The van der Waals surface area contributed by atoms with E-state index < -0.39 is 0 Å². The average Bonchev–Trinajstić information content (AvgIpc) is 2.37. The quantitative estimate of drug-likeness (QED) is 0.867. The number of nitrogens with one attached hydrogen (secondary N) is 1. The van der Waals surface area contributed by atoms with E-state index in [1.165, 1.54) is 32.4 Å². The molecule has 0 bridgehead atoms. The Labute approximate surface area is 115 Å². The van der Waals surface area contributed by atoms with Gasteiger partial charge in [0.25, 0.3) is 0 Å². The monoisotopic (exact) mass is 263 g/mol. The molecule has 1 aliphatic rings. The number of hydrogen-bond donors (Lipinski definition) is 2. The molecule has 1 aliphatic heterocycles. The van der Waals surface area contributed by atoms with Gasteiger partial charge in [-0.05, 0) is 59.2 Å². The average molecular weight is 263 g/mol. The third-order valence-corrected chi connectivity index (χ3v) is 3.98. The minimum atomic E-state index is 0.578. The standard InChI is InChI=1S/C14H25N5/c1-10-13(15)17-11(2)18-14(10)16-7-4-12-5-8-19(3)9-6-12/h12H,4-9H2,1-3H3,(H3,15,16,17,18). The van der Waals surface area contributed by atoms with Crippen LogP contribution in [0.15, 0.2) is 0 Å². The largest absolute Gasteiger partial charge is 0.383 e. The third-order valence-electron chi connectivity index (χ3n) is 3.98. The second kappa shape index (κ2) is 6.19. The molecular formula is C14H25N5. The molecule has 5 heteroatoms. The maximum Gasteiger partial charge on any atom is 0.134 e. The van der Waals surface area contributed by atoms with Crippen molar-refractivity contribution in [1.29, 1.82) is 0 Å². The lowest BCUT2D eigenvalue weighted by Crippen LogP contribution is -2.30. The number of nitrogen functional groups attached to an aromatic ring is 1. The molecule has 0 aliphatic carbocycles. The third kappa shape index (κ3) is 3.80. The summed E-state index contributed by atoms with van der Waals surface area (Å²) in [4.78, 5) is 11.0. The zero-order valence-corrected chi connectivity index (χ0v) is 12.2. The highest BCUT2D eigenvalue weighted by atomic mass is 15.1. The summed E-state index contributed by atoms with van der Waals surface area (Å²) in [6.45, 7) is 7.25. The van der Waals surface area contributed by atoms with Crippen LogP contribution in [0.4, 0.5) is 11.6 Å². The van der Waals surface area contributed by atoms with Crippen molar-refractivity contribution >= 4 is 11.6 Å². The molecule has 106 valence electrons. The predicted octanol–water partition coefficient (Wildman–Crippen LogP) is 1.82. The van der Waals surface area contributed by atoms with Crippen molar-refractivity contribution in [1.82, 2.24) is 14.9 Å². The van der Waals surface area contributed by atoms with Crippen molar-refractivity contribution in [2.75, 3.05) is 37.7 Å². The van der Waals surface area contributed by atoms with Crippen molar-refractivity contribution in [3.05, 3.63) is 11.4 Å². The normalized spacial score (nSPS) is 17.6. The van der Waals surface area contributed by atoms with Crippen LogP contribution >= 0.6 is 0 Å². The van der Waals surface area contributed by atoms with Gasteiger partial charge in [0.15, 0.2) is 0 Å². The van der Waals surface area contributed by atoms with Gasteiger partial charge < -0.3 is 16.0 Å². The van der Waals surface area contributed by atoms with Crippen molar-refractivity contribution in [2.24, 2.45) is 5.92 Å². The fraction of sp³-hybridized carbons (Fsp3) is 0.714. The lowest BCUT2D eigenvalue weighted by atomic mass is 9.94. The summed E-state index contributed by atoms with van der Waals surface area (Å²) in [5.41, 5.74) is 6.81. The highest BCUT2D eigenvalue weighted by Gasteiger charge is 2.16. The Balaban J connectivity index is 1.83. The van der Waals surface area contributed by atoms with E-state index in [4.69, 9.17) is 5.73 Å². The number of nitrogens with zero attached hydrogens (tertiary/aromatic N) is 3. The summed E-state index contributed by atoms with van der Waals surface area (Å²) in [6, 6.07) is 0. The van der Waals surface area contributed by atoms with Crippen LogP contribution in [0, 0.1) is 19.8 Å². The van der Waals surface area contributed by atoms with Gasteiger partial charge in [-0.2, -0.15) is 0 Å². The zero-order valence-electron chi connectivity index (χ0n) is 12.2. The van der Waals surface area contributed by atoms with Gasteiger partial charge in [-0.15, -0.1) is 0 Å². The van der Waals surface area contributed by atoms with Crippen LogP contribution in [0.5, 0.6) is 0 Å². The van der Waals surface area contributed by atoms with Gasteiger partial charge in [0, 0.05) is 12.1 Å². The maximum absolute atomic E-state index is 5.85. The van der Waals surface area contributed by atoms with E-state index in [1.807, 2.05) is 13.8 Å². The number of rotatable bonds is 4. The summed E-state index contributed by atoms with van der Waals surface area (Å²) < 4.78 is 0. The van der Waals surface area contributed by atoms with Crippen molar-refractivity contribution in [2.45, 2.75) is 33.1 Å². The minimum Gasteiger partial charge on any atom is -0.383 e. The molecule has 1 aromatic heterocycles. The first kappa shape index (κ1) is 14.1. The van der Waals surface area contributed by atoms with Crippen LogP contribution in [0.2, 0.25) is 0 Å². The molecule has 1 fully saturated rings. The summed E-state index contributed by atoms with van der Waals surface area (Å²) >= 11 is 0. The molecule has 0 amide bonds. The van der Waals surface area contributed by atoms with Crippen molar-refractivity contribution in [3.8, 4) is 0 Å². The van der Waals surface area contributed by atoms with Gasteiger partial charge in [0.1, 0.15) is 17.5 Å². The first-order chi connectivity index (χ1) is 9.06. The molecule has 19 heavy (non-hydrogen) atoms. The second-order valence-corrected chi connectivity index (χ2v) is 5.59. The Bertz CT molecular complexity index is 424. The van der Waals surface area contributed by atoms with Crippen LogP contribution in [-0.4, -0.2) is 41.5 Å². The van der Waals surface area contributed by atoms with Crippen molar-refractivity contribution < 1.29 is 0 Å². The fourth-order valence-corrected chi connectivity index (χ4v) is 2.57. The molecule has 3 N–H and O–H groups in total. The summed E-state index contributed by atoms with van der Waals surface area (Å²) in [7, 11) is 2.20. The SMILES string of the molecule is Cc1nc(N)c(C)c(NCCC2CCN(C)CC2)n1. The van der Waals surface area contributed by atoms with E-state index in [1.54, 1.807) is 0 Å². The topological polar surface area (TPSA) is 67.1 Å². The fourth-order valence-electron chi connectivity index (χ4n) is 2.57. The first-order valence-electron chi connectivity index (χ1n) is 7.09. The molecule has 0 aromatic carbocycles. The highest BCUT2D eigenvalue weighted by Crippen LogP contribution is 2.21. The van der Waals surface area contributed by atoms with Crippen LogP contribution in [0.25, 0.3) is 0 Å². The van der Waals surface area contributed by atoms with Crippen LogP contribution in [0.1, 0.15) is 30.7 Å². The Kier molecular flexibility index (Phi) is 4.58. The Morgan fingerprint density at radius 1 is 1.26 bits per heavy atom. The van der Waals surface area contributed by atoms with Gasteiger partial charge in [-0.25, -0.2) is 9.97 Å². The number of likely N-dealkylation sites (tertiary alicyclic amines) is 1. The molecule has 2 rings (SSSR count). The van der Waals surface area contributed by atoms with E-state index in [2.05, 4.69) is 27.2 Å². The number of piperidine rings is 1. The number of anilines is 2. The van der Waals surface area contributed by atoms with E-state index in [-0.39, 0.29) is 0 Å². The summed E-state index contributed by atoms with van der Waals surface area (Å²) in [6.07, 6.45) is 3.82. The number of hydrogen-bond acceptors (Lipinski definition) is 5. The second-order valence-electron chi connectivity index (χ2n) is 5.59. The maximum atomic E-state index is 5.85. The molecule has 0 spiro atoms. The van der Waals surface area contributed by atoms with E-state index in [0.29, 0.717) is 5.82 Å². The van der Waals surface area contributed by atoms with Crippen LogP contribution < -0.4 is 11.1 Å². The van der Waals surface area contributed by atoms with Gasteiger partial charge in [-0.3, -0.25) is 0 Å². The Hall–Kier alpha value is -1.36. The molecule has 5 nitrogen and oxygen atoms in total. The van der Waals surface area contributed by atoms with Gasteiger partial charge in [-0.1, -0.05) is 0 Å². The molecule has 1 saturated heterocycles. The summed E-state index contributed by atoms with van der Waals surface area (Å²) in [5.74, 6) is 3.03. The lowest BCUT2D eigenvalue weighted by molar-refractivity contribution is 0.215. The van der Waals surface area contributed by atoms with Gasteiger partial charge in [0.05, 0.1) is 0 Å². The Morgan fingerprint density at radius 2 is 1.95 bits per heavy atom. The number of aryl methyl sites for hydroxylation is 1. The molecule has 0 unspecified atom stereocenters. The zero-order chi connectivity index (χ0) is 13.8. The van der Waals surface area contributed by atoms with Crippen LogP contribution in [-0.2, 0) is 0 Å². The lowest BCUT2D eigenvalue weighted by Gasteiger charge is -2.29. The Morgan fingerprint density at radius 3 is 2.63 bits per heavy atom. The number of aromatic nitrogens is 2. The van der Waals surface area contributed by atoms with Crippen LogP contribution in [0.3, 0.4) is 0 Å².